The largest absolute Gasteiger partial charge is 0.486 e. The molecule has 21 heavy (non-hydrogen) atoms. The Hall–Kier alpha value is -2.08. The minimum absolute atomic E-state index is 0.242. The summed E-state index contributed by atoms with van der Waals surface area (Å²) in [5.74, 6) is 0.463. The van der Waals surface area contributed by atoms with Gasteiger partial charge in [-0.15, -0.1) is 0 Å². The maximum absolute atomic E-state index is 13.0. The first-order valence-electron chi connectivity index (χ1n) is 6.20. The lowest BCUT2D eigenvalue weighted by Crippen LogP contribution is -2.15. The second kappa shape index (κ2) is 5.73. The lowest BCUT2D eigenvalue weighted by Gasteiger charge is -2.18. The summed E-state index contributed by atoms with van der Waals surface area (Å²) in [6.07, 6.45) is 0. The van der Waals surface area contributed by atoms with Gasteiger partial charge in [0.05, 0.1) is 5.56 Å². The maximum Gasteiger partial charge on any atom is 0.344 e. The molecule has 4 nitrogen and oxygen atoms in total. The van der Waals surface area contributed by atoms with Crippen LogP contribution < -0.4 is 14.2 Å². The minimum atomic E-state index is -0.585. The number of hydrogen-bond acceptors (Lipinski definition) is 4. The van der Waals surface area contributed by atoms with Crippen molar-refractivity contribution in [3.05, 3.63) is 52.3 Å². The van der Waals surface area contributed by atoms with E-state index in [9.17, 15) is 9.18 Å². The molecule has 0 bridgehead atoms. The van der Waals surface area contributed by atoms with E-state index in [4.69, 9.17) is 14.2 Å². The quantitative estimate of drug-likeness (QED) is 0.612. The molecule has 0 aliphatic carbocycles. The van der Waals surface area contributed by atoms with E-state index in [1.54, 1.807) is 18.2 Å². The highest BCUT2D eigenvalue weighted by Gasteiger charge is 2.16. The van der Waals surface area contributed by atoms with E-state index in [0.717, 1.165) is 0 Å². The van der Waals surface area contributed by atoms with Gasteiger partial charge < -0.3 is 14.2 Å². The molecule has 0 saturated carbocycles. The van der Waals surface area contributed by atoms with Gasteiger partial charge in [-0.1, -0.05) is 0 Å². The van der Waals surface area contributed by atoms with Gasteiger partial charge in [-0.25, -0.2) is 9.18 Å². The van der Waals surface area contributed by atoms with Crippen molar-refractivity contribution in [1.82, 2.24) is 0 Å². The standard InChI is InChI=1S/C15H10BrFO4/c16-12-7-9(17)1-3-11(12)15(18)21-10-2-4-13-14(8-10)20-6-5-19-13/h1-4,7-8H,5-6H2. The van der Waals surface area contributed by atoms with Gasteiger partial charge in [0.25, 0.3) is 0 Å². The molecule has 0 fully saturated rings. The summed E-state index contributed by atoms with van der Waals surface area (Å²) in [6.45, 7) is 0.947. The molecule has 1 heterocycles. The van der Waals surface area contributed by atoms with Crippen molar-refractivity contribution in [3.8, 4) is 17.2 Å². The molecule has 2 aromatic rings. The predicted octanol–water partition coefficient (Wildman–Crippen LogP) is 3.58. The summed E-state index contributed by atoms with van der Waals surface area (Å²) in [5.41, 5.74) is 0.242. The van der Waals surface area contributed by atoms with Crippen LogP contribution in [0.2, 0.25) is 0 Å². The van der Waals surface area contributed by atoms with Gasteiger partial charge in [0, 0.05) is 10.5 Å². The highest BCUT2D eigenvalue weighted by molar-refractivity contribution is 9.10. The van der Waals surface area contributed by atoms with E-state index < -0.39 is 11.8 Å². The molecule has 0 unspecified atom stereocenters. The lowest BCUT2D eigenvalue weighted by molar-refractivity contribution is 0.0732. The van der Waals surface area contributed by atoms with Gasteiger partial charge in [0.2, 0.25) is 0 Å². The van der Waals surface area contributed by atoms with Gasteiger partial charge in [0.1, 0.15) is 24.8 Å². The number of ether oxygens (including phenoxy) is 3. The molecule has 0 aromatic heterocycles. The van der Waals surface area contributed by atoms with Crippen LogP contribution in [-0.2, 0) is 0 Å². The van der Waals surface area contributed by atoms with E-state index >= 15 is 0 Å². The molecule has 6 heteroatoms. The summed E-state index contributed by atoms with van der Waals surface area (Å²) >= 11 is 3.14. The van der Waals surface area contributed by atoms with Crippen LogP contribution in [0.4, 0.5) is 4.39 Å². The first kappa shape index (κ1) is 13.9. The van der Waals surface area contributed by atoms with Crippen LogP contribution in [0.5, 0.6) is 17.2 Å². The molecule has 108 valence electrons. The summed E-state index contributed by atoms with van der Waals surface area (Å²) < 4.78 is 29.4. The van der Waals surface area contributed by atoms with Crippen molar-refractivity contribution in [2.45, 2.75) is 0 Å². The molecule has 0 saturated heterocycles. The van der Waals surface area contributed by atoms with Crippen molar-refractivity contribution in [2.24, 2.45) is 0 Å². The molecule has 3 rings (SSSR count). The van der Waals surface area contributed by atoms with Crippen LogP contribution in [-0.4, -0.2) is 19.2 Å². The Morgan fingerprint density at radius 1 is 1.10 bits per heavy atom. The van der Waals surface area contributed by atoms with Crippen LogP contribution in [0.1, 0.15) is 10.4 Å². The fraction of sp³-hybridized carbons (Fsp3) is 0.133. The van der Waals surface area contributed by atoms with E-state index in [-0.39, 0.29) is 5.56 Å². The number of rotatable bonds is 2. The molecule has 0 spiro atoms. The van der Waals surface area contributed by atoms with E-state index in [2.05, 4.69) is 15.9 Å². The van der Waals surface area contributed by atoms with Crippen LogP contribution in [0, 0.1) is 5.82 Å². The van der Waals surface area contributed by atoms with Crippen molar-refractivity contribution in [1.29, 1.82) is 0 Å². The molecular formula is C15H10BrFO4. The molecule has 2 aromatic carbocycles. The van der Waals surface area contributed by atoms with Gasteiger partial charge in [-0.05, 0) is 46.3 Å². The van der Waals surface area contributed by atoms with Gasteiger partial charge in [-0.3, -0.25) is 0 Å². The lowest BCUT2D eigenvalue weighted by atomic mass is 10.2. The summed E-state index contributed by atoms with van der Waals surface area (Å²) in [4.78, 5) is 12.1. The van der Waals surface area contributed by atoms with Crippen LogP contribution in [0.25, 0.3) is 0 Å². The highest BCUT2D eigenvalue weighted by Crippen LogP contribution is 2.34. The summed E-state index contributed by atoms with van der Waals surface area (Å²) in [7, 11) is 0. The number of fused-ring (bicyclic) bond motifs is 1. The molecule has 0 atom stereocenters. The van der Waals surface area contributed by atoms with Crippen molar-refractivity contribution in [2.75, 3.05) is 13.2 Å². The second-order valence-electron chi connectivity index (χ2n) is 4.32. The molecule has 0 N–H and O–H groups in total. The third-order valence-corrected chi connectivity index (χ3v) is 3.53. The molecule has 1 aliphatic heterocycles. The Kier molecular flexibility index (Phi) is 3.79. The SMILES string of the molecule is O=C(Oc1ccc2c(c1)OCCO2)c1ccc(F)cc1Br. The molecule has 0 amide bonds. The number of esters is 1. The first-order valence-corrected chi connectivity index (χ1v) is 7.00. The van der Waals surface area contributed by atoms with Gasteiger partial charge in [0.15, 0.2) is 11.5 Å². The minimum Gasteiger partial charge on any atom is -0.486 e. The Balaban J connectivity index is 1.81. The summed E-state index contributed by atoms with van der Waals surface area (Å²) in [6, 6.07) is 8.65. The Labute approximate surface area is 128 Å². The van der Waals surface area contributed by atoms with Crippen molar-refractivity contribution in [3.63, 3.8) is 0 Å². The van der Waals surface area contributed by atoms with E-state index in [0.29, 0.717) is 34.9 Å². The number of carbonyl (C=O) groups is 1. The van der Waals surface area contributed by atoms with Crippen molar-refractivity contribution >= 4 is 21.9 Å². The van der Waals surface area contributed by atoms with Crippen molar-refractivity contribution < 1.29 is 23.4 Å². The highest BCUT2D eigenvalue weighted by atomic mass is 79.9. The van der Waals surface area contributed by atoms with E-state index in [1.807, 2.05) is 0 Å². The average Bonchev–Trinajstić information content (AvgIpc) is 2.47. The zero-order valence-corrected chi connectivity index (χ0v) is 12.4. The zero-order valence-electron chi connectivity index (χ0n) is 10.8. The fourth-order valence-corrected chi connectivity index (χ4v) is 2.42. The van der Waals surface area contributed by atoms with E-state index in [1.165, 1.54) is 18.2 Å². The predicted molar refractivity (Wildman–Crippen MR) is 76.5 cm³/mol. The smallest absolute Gasteiger partial charge is 0.344 e. The summed E-state index contributed by atoms with van der Waals surface area (Å²) in [5, 5.41) is 0. The fourth-order valence-electron chi connectivity index (χ4n) is 1.90. The average molecular weight is 353 g/mol. The molecule has 1 aliphatic rings. The zero-order chi connectivity index (χ0) is 14.8. The van der Waals surface area contributed by atoms with Crippen LogP contribution in [0.3, 0.4) is 0 Å². The number of benzene rings is 2. The monoisotopic (exact) mass is 352 g/mol. The number of hydrogen-bond donors (Lipinski definition) is 0. The Morgan fingerprint density at radius 2 is 1.86 bits per heavy atom. The molecule has 0 radical (unpaired) electrons. The van der Waals surface area contributed by atoms with Gasteiger partial charge in [-0.2, -0.15) is 0 Å². The maximum atomic E-state index is 13.0. The number of halogens is 2. The second-order valence-corrected chi connectivity index (χ2v) is 5.17. The van der Waals surface area contributed by atoms with Crippen LogP contribution >= 0.6 is 15.9 Å². The third-order valence-electron chi connectivity index (χ3n) is 2.88. The molecular weight excluding hydrogens is 343 g/mol. The first-order chi connectivity index (χ1) is 10.1. The van der Waals surface area contributed by atoms with Crippen LogP contribution in [0.15, 0.2) is 40.9 Å². The Bertz CT molecular complexity index is 702. The van der Waals surface area contributed by atoms with Gasteiger partial charge >= 0.3 is 5.97 Å². The third kappa shape index (κ3) is 3.00. The topological polar surface area (TPSA) is 44.8 Å². The normalized spacial score (nSPS) is 12.9. The number of carbonyl (C=O) groups excluding carboxylic acids is 1. The Morgan fingerprint density at radius 3 is 2.62 bits per heavy atom.